The predicted octanol–water partition coefficient (Wildman–Crippen LogP) is -0.0915. The number of fused-ring (bicyclic) bond motifs is 1. The molecule has 0 radical (unpaired) electrons. The molecule has 0 aliphatic carbocycles. The van der Waals surface area contributed by atoms with Crippen LogP contribution in [0.4, 0.5) is 0 Å². The average molecular weight is 184 g/mol. The van der Waals surface area contributed by atoms with Gasteiger partial charge in [-0.05, 0) is 31.3 Å². The Morgan fingerprint density at radius 3 is 3.00 bits per heavy atom. The third-order valence-corrected chi connectivity index (χ3v) is 3.63. The zero-order valence-electron chi connectivity index (χ0n) is 8.37. The van der Waals surface area contributed by atoms with Gasteiger partial charge in [-0.2, -0.15) is 0 Å². The zero-order chi connectivity index (χ0) is 9.26. The van der Waals surface area contributed by atoms with Crippen LogP contribution in [-0.4, -0.2) is 48.8 Å². The fourth-order valence-corrected chi connectivity index (χ4v) is 3.06. The summed E-state index contributed by atoms with van der Waals surface area (Å²) in [5.41, 5.74) is 0. The number of β-amino-alcohol motifs (C(OH)–C–C–N with tert-alkyl or cyclic N) is 1. The van der Waals surface area contributed by atoms with Gasteiger partial charge < -0.3 is 10.4 Å². The van der Waals surface area contributed by atoms with Gasteiger partial charge in [0.25, 0.3) is 0 Å². The molecule has 3 nitrogen and oxygen atoms in total. The lowest BCUT2D eigenvalue weighted by Gasteiger charge is -2.25. The van der Waals surface area contributed by atoms with Crippen molar-refractivity contribution in [1.82, 2.24) is 10.2 Å². The first kappa shape index (κ1) is 9.44. The number of nitrogens with zero attached hydrogens (tertiary/aromatic N) is 1. The van der Waals surface area contributed by atoms with Crippen molar-refractivity contribution in [2.45, 2.75) is 19.4 Å². The number of likely N-dealkylation sites (tertiary alicyclic amines) is 1. The van der Waals surface area contributed by atoms with Gasteiger partial charge in [0.1, 0.15) is 0 Å². The van der Waals surface area contributed by atoms with Crippen molar-refractivity contribution in [2.75, 3.05) is 32.8 Å². The summed E-state index contributed by atoms with van der Waals surface area (Å²) in [7, 11) is 0. The molecule has 76 valence electrons. The van der Waals surface area contributed by atoms with Gasteiger partial charge in [-0.15, -0.1) is 0 Å². The maximum Gasteiger partial charge on any atom is 0.0558 e. The molecular formula is C10H20N2O. The van der Waals surface area contributed by atoms with E-state index >= 15 is 0 Å². The highest BCUT2D eigenvalue weighted by molar-refractivity contribution is 4.97. The average Bonchev–Trinajstić information content (AvgIpc) is 2.64. The van der Waals surface area contributed by atoms with Gasteiger partial charge in [0.15, 0.2) is 0 Å². The van der Waals surface area contributed by atoms with Crippen molar-refractivity contribution in [2.24, 2.45) is 11.8 Å². The Balaban J connectivity index is 1.99. The van der Waals surface area contributed by atoms with Gasteiger partial charge in [0, 0.05) is 19.1 Å². The lowest BCUT2D eigenvalue weighted by Crippen LogP contribution is -2.36. The normalized spacial score (nSPS) is 39.7. The summed E-state index contributed by atoms with van der Waals surface area (Å²) in [6, 6.07) is 0.715. The molecule has 13 heavy (non-hydrogen) atoms. The summed E-state index contributed by atoms with van der Waals surface area (Å²) in [6.07, 6.45) is 1.23. The quantitative estimate of drug-likeness (QED) is 0.643. The second kappa shape index (κ2) is 3.95. The largest absolute Gasteiger partial charge is 0.395 e. The van der Waals surface area contributed by atoms with Crippen molar-refractivity contribution >= 4 is 0 Å². The Labute approximate surface area is 80.1 Å². The minimum absolute atomic E-state index is 0.309. The van der Waals surface area contributed by atoms with E-state index in [1.165, 1.54) is 26.1 Å². The van der Waals surface area contributed by atoms with Crippen LogP contribution >= 0.6 is 0 Å². The van der Waals surface area contributed by atoms with Crippen molar-refractivity contribution in [3.63, 3.8) is 0 Å². The molecule has 2 rings (SSSR count). The maximum atomic E-state index is 8.95. The van der Waals surface area contributed by atoms with Crippen LogP contribution in [0.25, 0.3) is 0 Å². The van der Waals surface area contributed by atoms with E-state index in [1.54, 1.807) is 0 Å². The summed E-state index contributed by atoms with van der Waals surface area (Å²) in [5.74, 6) is 1.69. The standard InChI is InChI=1S/C10H20N2O/c1-2-10-9-6-11-5-8(9)7-12(10)3-4-13/h8-11,13H,2-7H2,1H3. The van der Waals surface area contributed by atoms with Crippen LogP contribution in [0.1, 0.15) is 13.3 Å². The molecule has 3 atom stereocenters. The van der Waals surface area contributed by atoms with Crippen LogP contribution in [-0.2, 0) is 0 Å². The van der Waals surface area contributed by atoms with Crippen molar-refractivity contribution in [3.8, 4) is 0 Å². The molecule has 3 heteroatoms. The fourth-order valence-electron chi connectivity index (χ4n) is 3.06. The van der Waals surface area contributed by atoms with Gasteiger partial charge in [-0.3, -0.25) is 4.90 Å². The molecular weight excluding hydrogens is 164 g/mol. The zero-order valence-corrected chi connectivity index (χ0v) is 8.37. The molecule has 0 aromatic rings. The highest BCUT2D eigenvalue weighted by atomic mass is 16.3. The summed E-state index contributed by atoms with van der Waals surface area (Å²) in [4.78, 5) is 2.47. The second-order valence-electron chi connectivity index (χ2n) is 4.28. The molecule has 0 aromatic carbocycles. The lowest BCUT2D eigenvalue weighted by atomic mass is 9.93. The molecule has 2 fully saturated rings. The van der Waals surface area contributed by atoms with E-state index in [2.05, 4.69) is 17.1 Å². The molecule has 2 heterocycles. The van der Waals surface area contributed by atoms with Crippen LogP contribution in [0, 0.1) is 11.8 Å². The number of aliphatic hydroxyl groups excluding tert-OH is 1. The summed E-state index contributed by atoms with van der Waals surface area (Å²) in [5, 5.41) is 12.4. The Bertz CT molecular complexity index is 174. The van der Waals surface area contributed by atoms with E-state index in [9.17, 15) is 0 Å². The monoisotopic (exact) mass is 184 g/mol. The summed E-state index contributed by atoms with van der Waals surface area (Å²) >= 11 is 0. The maximum absolute atomic E-state index is 8.95. The molecule has 2 N–H and O–H groups in total. The number of rotatable bonds is 3. The lowest BCUT2D eigenvalue weighted by molar-refractivity contribution is 0.166. The van der Waals surface area contributed by atoms with Crippen LogP contribution in [0.2, 0.25) is 0 Å². The van der Waals surface area contributed by atoms with Gasteiger partial charge in [0.05, 0.1) is 6.61 Å². The SMILES string of the molecule is CCC1C2CNCC2CN1CCO. The van der Waals surface area contributed by atoms with Gasteiger partial charge >= 0.3 is 0 Å². The molecule has 0 bridgehead atoms. The topological polar surface area (TPSA) is 35.5 Å². The van der Waals surface area contributed by atoms with Crippen LogP contribution in [0.15, 0.2) is 0 Å². The predicted molar refractivity (Wildman–Crippen MR) is 52.6 cm³/mol. The number of aliphatic hydroxyl groups is 1. The summed E-state index contributed by atoms with van der Waals surface area (Å²) < 4.78 is 0. The van der Waals surface area contributed by atoms with E-state index < -0.39 is 0 Å². The first-order valence-corrected chi connectivity index (χ1v) is 5.42. The highest BCUT2D eigenvalue weighted by Crippen LogP contribution is 2.33. The Hall–Kier alpha value is -0.120. The highest BCUT2D eigenvalue weighted by Gasteiger charge is 2.42. The Kier molecular flexibility index (Phi) is 2.86. The Morgan fingerprint density at radius 1 is 1.46 bits per heavy atom. The van der Waals surface area contributed by atoms with Crippen molar-refractivity contribution < 1.29 is 5.11 Å². The smallest absolute Gasteiger partial charge is 0.0558 e. The molecule has 0 saturated carbocycles. The molecule has 0 aromatic heterocycles. The van der Waals surface area contributed by atoms with Crippen LogP contribution in [0.5, 0.6) is 0 Å². The molecule has 0 spiro atoms. The third kappa shape index (κ3) is 1.60. The van der Waals surface area contributed by atoms with Crippen molar-refractivity contribution in [1.29, 1.82) is 0 Å². The van der Waals surface area contributed by atoms with E-state index in [-0.39, 0.29) is 0 Å². The van der Waals surface area contributed by atoms with E-state index in [1.807, 2.05) is 0 Å². The van der Waals surface area contributed by atoms with E-state index in [4.69, 9.17) is 5.11 Å². The van der Waals surface area contributed by atoms with Gasteiger partial charge in [-0.25, -0.2) is 0 Å². The third-order valence-electron chi connectivity index (χ3n) is 3.63. The first-order chi connectivity index (χ1) is 6.36. The van der Waals surface area contributed by atoms with Crippen LogP contribution < -0.4 is 5.32 Å². The van der Waals surface area contributed by atoms with E-state index in [0.717, 1.165) is 18.4 Å². The van der Waals surface area contributed by atoms with Crippen molar-refractivity contribution in [3.05, 3.63) is 0 Å². The molecule has 0 amide bonds. The number of hydrogen-bond acceptors (Lipinski definition) is 3. The number of hydrogen-bond donors (Lipinski definition) is 2. The first-order valence-electron chi connectivity index (χ1n) is 5.42. The van der Waals surface area contributed by atoms with Gasteiger partial charge in [-0.1, -0.05) is 6.92 Å². The van der Waals surface area contributed by atoms with Gasteiger partial charge in [0.2, 0.25) is 0 Å². The minimum Gasteiger partial charge on any atom is -0.395 e. The Morgan fingerprint density at radius 2 is 2.31 bits per heavy atom. The molecule has 2 aliphatic rings. The number of nitrogens with one attached hydrogen (secondary N) is 1. The fraction of sp³-hybridized carbons (Fsp3) is 1.00. The molecule has 2 aliphatic heterocycles. The summed E-state index contributed by atoms with van der Waals surface area (Å²) in [6.45, 7) is 7.00. The molecule has 2 saturated heterocycles. The second-order valence-corrected chi connectivity index (χ2v) is 4.28. The van der Waals surface area contributed by atoms with Crippen LogP contribution in [0.3, 0.4) is 0 Å². The van der Waals surface area contributed by atoms with E-state index in [0.29, 0.717) is 12.6 Å². The minimum atomic E-state index is 0.309. The molecule has 3 unspecified atom stereocenters.